The number of likely N-dealkylation sites (tertiary alicyclic amines) is 2. The van der Waals surface area contributed by atoms with Crippen LogP contribution in [0, 0.1) is 5.92 Å². The van der Waals surface area contributed by atoms with Crippen LogP contribution in [0.3, 0.4) is 0 Å². The van der Waals surface area contributed by atoms with Gasteiger partial charge in [-0.05, 0) is 49.4 Å². The van der Waals surface area contributed by atoms with Crippen LogP contribution in [0.4, 0.5) is 0 Å². The van der Waals surface area contributed by atoms with Gasteiger partial charge in [-0.15, -0.1) is 0 Å². The van der Waals surface area contributed by atoms with Crippen LogP contribution in [0.1, 0.15) is 37.3 Å². The molecular weight excluding hydrogens is 374 g/mol. The minimum absolute atomic E-state index is 0.628. The summed E-state index contributed by atoms with van der Waals surface area (Å²) in [5.74, 6) is 1.91. The molecular formula is C24H39N5O. The molecule has 1 N–H and O–H groups in total. The topological polar surface area (TPSA) is 43.3 Å². The number of hydrogen-bond donors (Lipinski definition) is 1. The molecule has 0 spiro atoms. The first-order valence-corrected chi connectivity index (χ1v) is 11.8. The van der Waals surface area contributed by atoms with E-state index in [-0.39, 0.29) is 0 Å². The van der Waals surface area contributed by atoms with Gasteiger partial charge in [0.2, 0.25) is 0 Å². The van der Waals surface area contributed by atoms with Crippen LogP contribution in [-0.4, -0.2) is 86.2 Å². The summed E-state index contributed by atoms with van der Waals surface area (Å²) in [5.41, 5.74) is 2.76. The molecule has 30 heavy (non-hydrogen) atoms. The van der Waals surface area contributed by atoms with E-state index >= 15 is 0 Å². The van der Waals surface area contributed by atoms with Gasteiger partial charge < -0.3 is 15.0 Å². The molecule has 3 heterocycles. The first-order chi connectivity index (χ1) is 14.7. The Labute approximate surface area is 182 Å². The molecule has 1 unspecified atom stereocenters. The van der Waals surface area contributed by atoms with Crippen molar-refractivity contribution in [3.63, 3.8) is 0 Å². The number of guanidine groups is 1. The van der Waals surface area contributed by atoms with Crippen LogP contribution in [-0.2, 0) is 17.8 Å². The van der Waals surface area contributed by atoms with Crippen LogP contribution < -0.4 is 5.32 Å². The molecule has 1 aromatic rings. The minimum atomic E-state index is 0.628. The van der Waals surface area contributed by atoms with Crippen LogP contribution in [0.15, 0.2) is 29.3 Å². The molecule has 1 atom stereocenters. The highest BCUT2D eigenvalue weighted by atomic mass is 16.5. The molecule has 6 heteroatoms. The Morgan fingerprint density at radius 2 is 1.83 bits per heavy atom. The third kappa shape index (κ3) is 5.74. The molecule has 0 saturated carbocycles. The molecule has 0 amide bonds. The van der Waals surface area contributed by atoms with Crippen molar-refractivity contribution in [1.82, 2.24) is 20.0 Å². The van der Waals surface area contributed by atoms with Crippen LogP contribution >= 0.6 is 0 Å². The summed E-state index contributed by atoms with van der Waals surface area (Å²) in [5, 5.41) is 3.61. The molecule has 3 aliphatic heterocycles. The van der Waals surface area contributed by atoms with E-state index in [1.54, 1.807) is 0 Å². The summed E-state index contributed by atoms with van der Waals surface area (Å²) >= 11 is 0. The fraction of sp³-hybridized carbons (Fsp3) is 0.708. The summed E-state index contributed by atoms with van der Waals surface area (Å²) in [6.07, 6.45) is 3.88. The third-order valence-electron chi connectivity index (χ3n) is 6.96. The lowest BCUT2D eigenvalue weighted by Crippen LogP contribution is -2.46. The molecule has 3 aliphatic rings. The zero-order chi connectivity index (χ0) is 20.8. The van der Waals surface area contributed by atoms with Crippen molar-refractivity contribution in [3.05, 3.63) is 35.4 Å². The Balaban J connectivity index is 1.27. The second kappa shape index (κ2) is 10.6. The Bertz CT molecular complexity index is 695. The predicted molar refractivity (Wildman–Crippen MR) is 123 cm³/mol. The first-order valence-electron chi connectivity index (χ1n) is 11.8. The first kappa shape index (κ1) is 21.6. The van der Waals surface area contributed by atoms with Crippen molar-refractivity contribution in [2.24, 2.45) is 10.9 Å². The number of nitrogens with one attached hydrogen (secondary N) is 1. The fourth-order valence-electron chi connectivity index (χ4n) is 5.00. The third-order valence-corrected chi connectivity index (χ3v) is 6.96. The van der Waals surface area contributed by atoms with Crippen molar-refractivity contribution < 1.29 is 4.74 Å². The summed E-state index contributed by atoms with van der Waals surface area (Å²) in [4.78, 5) is 12.2. The second-order valence-corrected chi connectivity index (χ2v) is 9.22. The highest BCUT2D eigenvalue weighted by Gasteiger charge is 2.30. The summed E-state index contributed by atoms with van der Waals surface area (Å²) < 4.78 is 5.51. The fourth-order valence-corrected chi connectivity index (χ4v) is 5.00. The van der Waals surface area contributed by atoms with Gasteiger partial charge in [-0.3, -0.25) is 14.8 Å². The quantitative estimate of drug-likeness (QED) is 0.593. The lowest BCUT2D eigenvalue weighted by molar-refractivity contribution is 0.0195. The van der Waals surface area contributed by atoms with Crippen molar-refractivity contribution in [2.45, 2.75) is 45.3 Å². The van der Waals surface area contributed by atoms with E-state index in [9.17, 15) is 0 Å². The van der Waals surface area contributed by atoms with Gasteiger partial charge in [0.25, 0.3) is 0 Å². The van der Waals surface area contributed by atoms with Crippen molar-refractivity contribution >= 4 is 5.96 Å². The van der Waals surface area contributed by atoms with E-state index in [4.69, 9.17) is 4.74 Å². The van der Waals surface area contributed by atoms with E-state index in [0.29, 0.717) is 6.04 Å². The molecule has 4 rings (SSSR count). The molecule has 3 saturated heterocycles. The number of piperidine rings is 1. The molecule has 0 aliphatic carbocycles. The number of benzene rings is 1. The average molecular weight is 414 g/mol. The van der Waals surface area contributed by atoms with Crippen LogP contribution in [0.2, 0.25) is 0 Å². The van der Waals surface area contributed by atoms with Gasteiger partial charge in [-0.25, -0.2) is 0 Å². The zero-order valence-corrected chi connectivity index (χ0v) is 18.9. The molecule has 1 aromatic carbocycles. The van der Waals surface area contributed by atoms with E-state index in [0.717, 1.165) is 64.4 Å². The summed E-state index contributed by atoms with van der Waals surface area (Å²) in [6, 6.07) is 9.68. The monoisotopic (exact) mass is 413 g/mol. The van der Waals surface area contributed by atoms with Gasteiger partial charge in [0, 0.05) is 52.4 Å². The van der Waals surface area contributed by atoms with Crippen LogP contribution in [0.5, 0.6) is 0 Å². The van der Waals surface area contributed by atoms with Gasteiger partial charge in [0.05, 0.1) is 13.2 Å². The van der Waals surface area contributed by atoms with Crippen molar-refractivity contribution in [3.8, 4) is 0 Å². The van der Waals surface area contributed by atoms with E-state index in [1.807, 2.05) is 7.05 Å². The Morgan fingerprint density at radius 1 is 1.07 bits per heavy atom. The Kier molecular flexibility index (Phi) is 7.63. The summed E-state index contributed by atoms with van der Waals surface area (Å²) in [7, 11) is 1.90. The van der Waals surface area contributed by atoms with E-state index < -0.39 is 0 Å². The molecule has 166 valence electrons. The highest BCUT2D eigenvalue weighted by molar-refractivity contribution is 5.80. The second-order valence-electron chi connectivity index (χ2n) is 9.22. The number of aliphatic imine (C=N–C) groups is 1. The number of nitrogens with zero attached hydrogens (tertiary/aromatic N) is 4. The van der Waals surface area contributed by atoms with Crippen molar-refractivity contribution in [1.29, 1.82) is 0 Å². The summed E-state index contributed by atoms with van der Waals surface area (Å²) in [6.45, 7) is 12.7. The zero-order valence-electron chi connectivity index (χ0n) is 18.9. The molecule has 0 radical (unpaired) electrons. The normalized spacial score (nSPS) is 25.1. The minimum Gasteiger partial charge on any atom is -0.379 e. The molecule has 6 nitrogen and oxygen atoms in total. The number of morpholine rings is 1. The number of ether oxygens (including phenoxy) is 1. The largest absolute Gasteiger partial charge is 0.379 e. The molecule has 0 bridgehead atoms. The van der Waals surface area contributed by atoms with Gasteiger partial charge in [0.15, 0.2) is 5.96 Å². The van der Waals surface area contributed by atoms with Gasteiger partial charge >= 0.3 is 0 Å². The molecule has 0 aromatic heterocycles. The Hall–Kier alpha value is -1.63. The molecule has 3 fully saturated rings. The van der Waals surface area contributed by atoms with Gasteiger partial charge in [-0.1, -0.05) is 31.2 Å². The maximum Gasteiger partial charge on any atom is 0.193 e. The SMILES string of the molecule is CN=C(NCc1cccc(CN2CCC(C)CC2)c1)N1CCC(N2CCOCC2)C1. The van der Waals surface area contributed by atoms with Gasteiger partial charge in [0.1, 0.15) is 0 Å². The van der Waals surface area contributed by atoms with Crippen LogP contribution in [0.25, 0.3) is 0 Å². The maximum atomic E-state index is 5.51. The van der Waals surface area contributed by atoms with Crippen molar-refractivity contribution in [2.75, 3.05) is 59.5 Å². The highest BCUT2D eigenvalue weighted by Crippen LogP contribution is 2.19. The predicted octanol–water partition coefficient (Wildman–Crippen LogP) is 2.40. The lowest BCUT2D eigenvalue weighted by Gasteiger charge is -2.32. The average Bonchev–Trinajstić information content (AvgIpc) is 3.27. The van der Waals surface area contributed by atoms with E-state index in [1.165, 1.54) is 43.5 Å². The number of rotatable bonds is 5. The number of hydrogen-bond acceptors (Lipinski definition) is 4. The standard InChI is InChI=1S/C24H39N5O/c1-20-6-9-27(10-7-20)18-22-5-3-4-21(16-22)17-26-24(25-2)29-11-8-23(19-29)28-12-14-30-15-13-28/h3-5,16,20,23H,6-15,17-19H2,1-2H3,(H,25,26). The van der Waals surface area contributed by atoms with Gasteiger partial charge in [-0.2, -0.15) is 0 Å². The smallest absolute Gasteiger partial charge is 0.193 e. The van der Waals surface area contributed by atoms with E-state index in [2.05, 4.69) is 56.2 Å². The lowest BCUT2D eigenvalue weighted by atomic mass is 9.98. The maximum absolute atomic E-state index is 5.51. The Morgan fingerprint density at radius 3 is 2.60 bits per heavy atom.